The average Bonchev–Trinajstić information content (AvgIpc) is 3.09. The van der Waals surface area contributed by atoms with Crippen molar-refractivity contribution in [3.63, 3.8) is 0 Å². The Bertz CT molecular complexity index is 980. The largest absolute Gasteiger partial charge is 0.313 e. The Balaban J connectivity index is 1.80. The Hall–Kier alpha value is -2.23. The van der Waals surface area contributed by atoms with Crippen molar-refractivity contribution in [1.29, 1.82) is 0 Å². The normalized spacial score (nSPS) is 11.3. The molecule has 5 heteroatoms. The fraction of sp³-hybridized carbons (Fsp3) is 0.0556. The van der Waals surface area contributed by atoms with Gasteiger partial charge >= 0.3 is 0 Å². The van der Waals surface area contributed by atoms with E-state index in [0.717, 1.165) is 38.3 Å². The standard InChI is InChI=1S/C18H13Cl2N3/c1-22-17(13-4-8-15(20)9-5-13)11-23-10-16(21-18(22)23)12-2-6-14(19)7-3-12/h2-11H,1H3. The highest BCUT2D eigenvalue weighted by molar-refractivity contribution is 6.30. The van der Waals surface area contributed by atoms with Crippen molar-refractivity contribution in [3.8, 4) is 22.5 Å². The number of aryl methyl sites for hydroxylation is 1. The molecule has 2 heterocycles. The monoisotopic (exact) mass is 341 g/mol. The maximum Gasteiger partial charge on any atom is 0.214 e. The van der Waals surface area contributed by atoms with Crippen LogP contribution < -0.4 is 0 Å². The highest BCUT2D eigenvalue weighted by atomic mass is 35.5. The molecule has 0 bridgehead atoms. The first-order valence-corrected chi connectivity index (χ1v) is 7.94. The Morgan fingerprint density at radius 1 is 0.783 bits per heavy atom. The second-order valence-electron chi connectivity index (χ2n) is 5.42. The summed E-state index contributed by atoms with van der Waals surface area (Å²) in [7, 11) is 2.01. The summed E-state index contributed by atoms with van der Waals surface area (Å²) in [5.41, 5.74) is 4.17. The first-order chi connectivity index (χ1) is 11.1. The van der Waals surface area contributed by atoms with Crippen LogP contribution in [0, 0.1) is 0 Å². The third-order valence-electron chi connectivity index (χ3n) is 3.92. The Morgan fingerprint density at radius 2 is 1.35 bits per heavy atom. The average molecular weight is 342 g/mol. The van der Waals surface area contributed by atoms with Crippen LogP contribution in [0.3, 0.4) is 0 Å². The summed E-state index contributed by atoms with van der Waals surface area (Å²) in [6.45, 7) is 0. The van der Waals surface area contributed by atoms with E-state index in [-0.39, 0.29) is 0 Å². The number of halogens is 2. The van der Waals surface area contributed by atoms with Crippen LogP contribution in [-0.4, -0.2) is 14.0 Å². The number of aromatic nitrogens is 3. The first kappa shape index (κ1) is 14.4. The molecular weight excluding hydrogens is 329 g/mol. The van der Waals surface area contributed by atoms with Crippen molar-refractivity contribution in [2.45, 2.75) is 0 Å². The van der Waals surface area contributed by atoms with Gasteiger partial charge in [0.1, 0.15) is 0 Å². The third kappa shape index (κ3) is 2.52. The molecule has 0 saturated heterocycles. The van der Waals surface area contributed by atoms with Crippen molar-refractivity contribution in [2.75, 3.05) is 0 Å². The van der Waals surface area contributed by atoms with Gasteiger partial charge in [-0.1, -0.05) is 47.5 Å². The minimum atomic E-state index is 0.725. The van der Waals surface area contributed by atoms with Gasteiger partial charge in [-0.15, -0.1) is 0 Å². The molecule has 0 aliphatic carbocycles. The molecular formula is C18H13Cl2N3. The summed E-state index contributed by atoms with van der Waals surface area (Å²) < 4.78 is 4.11. The minimum Gasteiger partial charge on any atom is -0.313 e. The highest BCUT2D eigenvalue weighted by Gasteiger charge is 2.12. The summed E-state index contributed by atoms with van der Waals surface area (Å²) in [4.78, 5) is 4.73. The van der Waals surface area contributed by atoms with E-state index >= 15 is 0 Å². The van der Waals surface area contributed by atoms with Gasteiger partial charge in [0.25, 0.3) is 0 Å². The molecule has 114 valence electrons. The molecule has 0 unspecified atom stereocenters. The zero-order valence-corrected chi connectivity index (χ0v) is 13.9. The van der Waals surface area contributed by atoms with Crippen molar-refractivity contribution in [2.24, 2.45) is 7.05 Å². The van der Waals surface area contributed by atoms with Crippen molar-refractivity contribution >= 4 is 29.0 Å². The Morgan fingerprint density at radius 3 is 1.91 bits per heavy atom. The predicted octanol–water partition coefficient (Wildman–Crippen LogP) is 5.31. The SMILES string of the molecule is Cn1c(-c2ccc(Cl)cc2)cn2cc(-c3ccc(Cl)cc3)nc12. The zero-order valence-electron chi connectivity index (χ0n) is 12.4. The lowest BCUT2D eigenvalue weighted by Gasteiger charge is -2.03. The molecule has 4 rings (SSSR count). The molecule has 3 nitrogen and oxygen atoms in total. The van der Waals surface area contributed by atoms with Gasteiger partial charge in [0.2, 0.25) is 5.78 Å². The first-order valence-electron chi connectivity index (χ1n) is 7.18. The molecule has 0 fully saturated rings. The minimum absolute atomic E-state index is 0.725. The number of hydrogen-bond acceptors (Lipinski definition) is 1. The van der Waals surface area contributed by atoms with Crippen LogP contribution in [0.5, 0.6) is 0 Å². The number of imidazole rings is 2. The highest BCUT2D eigenvalue weighted by Crippen LogP contribution is 2.26. The molecule has 0 atom stereocenters. The number of benzene rings is 2. The van der Waals surface area contributed by atoms with E-state index in [2.05, 4.69) is 10.8 Å². The van der Waals surface area contributed by atoms with E-state index < -0.39 is 0 Å². The van der Waals surface area contributed by atoms with Gasteiger partial charge in [-0.3, -0.25) is 4.40 Å². The van der Waals surface area contributed by atoms with Gasteiger partial charge in [-0.25, -0.2) is 4.98 Å². The quantitative estimate of drug-likeness (QED) is 0.484. The Labute approximate surface area is 143 Å². The molecule has 2 aromatic carbocycles. The van der Waals surface area contributed by atoms with E-state index in [9.17, 15) is 0 Å². The molecule has 0 saturated carbocycles. The van der Waals surface area contributed by atoms with Gasteiger partial charge in [0.05, 0.1) is 11.4 Å². The molecule has 0 radical (unpaired) electrons. The molecule has 0 N–H and O–H groups in total. The van der Waals surface area contributed by atoms with Crippen LogP contribution in [0.4, 0.5) is 0 Å². The summed E-state index contributed by atoms with van der Waals surface area (Å²) in [5, 5.41) is 1.46. The van der Waals surface area contributed by atoms with E-state index in [1.165, 1.54) is 0 Å². The lowest BCUT2D eigenvalue weighted by Crippen LogP contribution is -1.92. The molecule has 0 amide bonds. The molecule has 23 heavy (non-hydrogen) atoms. The topological polar surface area (TPSA) is 22.2 Å². The van der Waals surface area contributed by atoms with Crippen LogP contribution in [-0.2, 0) is 7.05 Å². The van der Waals surface area contributed by atoms with Gasteiger partial charge in [-0.2, -0.15) is 0 Å². The molecule has 0 aliphatic rings. The molecule has 2 aromatic heterocycles. The van der Waals surface area contributed by atoms with E-state index in [0.29, 0.717) is 0 Å². The van der Waals surface area contributed by atoms with Crippen LogP contribution in [0.15, 0.2) is 60.9 Å². The molecule has 0 aliphatic heterocycles. The van der Waals surface area contributed by atoms with Crippen LogP contribution >= 0.6 is 23.2 Å². The maximum atomic E-state index is 5.96. The van der Waals surface area contributed by atoms with Crippen LogP contribution in [0.1, 0.15) is 0 Å². The fourth-order valence-corrected chi connectivity index (χ4v) is 2.95. The van der Waals surface area contributed by atoms with Crippen molar-refractivity contribution in [1.82, 2.24) is 14.0 Å². The van der Waals surface area contributed by atoms with E-state index in [4.69, 9.17) is 28.2 Å². The van der Waals surface area contributed by atoms with Gasteiger partial charge in [-0.05, 0) is 29.8 Å². The number of rotatable bonds is 2. The summed E-state index contributed by atoms with van der Waals surface area (Å²) in [6.07, 6.45) is 4.10. The number of fused-ring (bicyclic) bond motifs is 1. The fourth-order valence-electron chi connectivity index (χ4n) is 2.70. The lowest BCUT2D eigenvalue weighted by molar-refractivity contribution is 0.945. The third-order valence-corrected chi connectivity index (χ3v) is 4.42. The van der Waals surface area contributed by atoms with Crippen LogP contribution in [0.25, 0.3) is 28.3 Å². The summed E-state index contributed by atoms with van der Waals surface area (Å²) >= 11 is 11.9. The van der Waals surface area contributed by atoms with Crippen LogP contribution in [0.2, 0.25) is 10.0 Å². The van der Waals surface area contributed by atoms with Gasteiger partial charge in [0.15, 0.2) is 0 Å². The summed E-state index contributed by atoms with van der Waals surface area (Å²) in [6, 6.07) is 15.5. The van der Waals surface area contributed by atoms with Gasteiger partial charge < -0.3 is 4.57 Å². The molecule has 4 aromatic rings. The maximum absolute atomic E-state index is 5.96. The summed E-state index contributed by atoms with van der Waals surface area (Å²) in [5.74, 6) is 0.889. The van der Waals surface area contributed by atoms with Crippen molar-refractivity contribution < 1.29 is 0 Å². The van der Waals surface area contributed by atoms with Gasteiger partial charge in [0, 0.05) is 35.1 Å². The number of hydrogen-bond donors (Lipinski definition) is 0. The molecule has 0 spiro atoms. The second kappa shape index (κ2) is 5.44. The zero-order chi connectivity index (χ0) is 16.0. The van der Waals surface area contributed by atoms with E-state index in [1.54, 1.807) is 0 Å². The van der Waals surface area contributed by atoms with Crippen molar-refractivity contribution in [3.05, 3.63) is 71.0 Å². The second-order valence-corrected chi connectivity index (χ2v) is 6.29. The number of nitrogens with zero attached hydrogens (tertiary/aromatic N) is 3. The lowest BCUT2D eigenvalue weighted by atomic mass is 10.1. The predicted molar refractivity (Wildman–Crippen MR) is 95.1 cm³/mol. The van der Waals surface area contributed by atoms with E-state index in [1.807, 2.05) is 66.2 Å². The smallest absolute Gasteiger partial charge is 0.214 e. The Kier molecular flexibility index (Phi) is 3.40.